The molecule has 1 heterocycles. The zero-order valence-corrected chi connectivity index (χ0v) is 12.3. The van der Waals surface area contributed by atoms with Crippen LogP contribution in [0.25, 0.3) is 11.3 Å². The number of hydrogen-bond donors (Lipinski definition) is 1. The first-order valence-corrected chi connectivity index (χ1v) is 7.42. The van der Waals surface area contributed by atoms with Gasteiger partial charge in [-0.3, -0.25) is 0 Å². The lowest BCUT2D eigenvalue weighted by Crippen LogP contribution is -2.09. The Hall–Kier alpha value is -1.55. The fraction of sp³-hybridized carbons (Fsp3) is 0.400. The number of benzene rings is 1. The molecule has 0 radical (unpaired) electrons. The lowest BCUT2D eigenvalue weighted by molar-refractivity contribution is 0.414. The molecule has 2 aromatic rings. The van der Waals surface area contributed by atoms with Crippen molar-refractivity contribution in [3.8, 4) is 17.0 Å². The fourth-order valence-corrected chi connectivity index (χ4v) is 3.54. The number of aromatic nitrogens is 1. The van der Waals surface area contributed by atoms with Gasteiger partial charge in [0.15, 0.2) is 5.13 Å². The van der Waals surface area contributed by atoms with Crippen molar-refractivity contribution in [2.24, 2.45) is 0 Å². The molecular formula is C15H18N2OS. The van der Waals surface area contributed by atoms with Crippen LogP contribution in [0, 0.1) is 0 Å². The first kappa shape index (κ1) is 12.5. The summed E-state index contributed by atoms with van der Waals surface area (Å²) in [5.41, 5.74) is 3.75. The Morgan fingerprint density at radius 2 is 2.16 bits per heavy atom. The van der Waals surface area contributed by atoms with Gasteiger partial charge in [0.05, 0.1) is 12.8 Å². The van der Waals surface area contributed by atoms with Gasteiger partial charge in [-0.05, 0) is 50.5 Å². The number of hydrogen-bond acceptors (Lipinski definition) is 4. The number of anilines is 1. The van der Waals surface area contributed by atoms with E-state index in [4.69, 9.17) is 9.72 Å². The predicted molar refractivity (Wildman–Crippen MR) is 80.3 cm³/mol. The largest absolute Gasteiger partial charge is 0.497 e. The van der Waals surface area contributed by atoms with Crippen LogP contribution in [-0.4, -0.2) is 18.1 Å². The summed E-state index contributed by atoms with van der Waals surface area (Å²) < 4.78 is 5.30. The van der Waals surface area contributed by atoms with Crippen molar-refractivity contribution in [1.82, 2.24) is 4.98 Å². The van der Waals surface area contributed by atoms with E-state index in [9.17, 15) is 0 Å². The van der Waals surface area contributed by atoms with Crippen LogP contribution >= 0.6 is 11.3 Å². The molecule has 0 fully saturated rings. The molecule has 0 saturated heterocycles. The molecule has 0 aliphatic heterocycles. The number of nitrogens with zero attached hydrogens (tertiary/aromatic N) is 1. The summed E-state index contributed by atoms with van der Waals surface area (Å²) >= 11 is 1.78. The molecule has 0 atom stereocenters. The third-order valence-electron chi connectivity index (χ3n) is 3.30. The van der Waals surface area contributed by atoms with Crippen LogP contribution in [0.2, 0.25) is 0 Å². The number of ether oxygens (including phenoxy) is 1. The molecule has 1 aromatic heterocycles. The zero-order valence-electron chi connectivity index (χ0n) is 11.5. The molecule has 3 nitrogen and oxygen atoms in total. The highest BCUT2D eigenvalue weighted by molar-refractivity contribution is 7.16. The van der Waals surface area contributed by atoms with Gasteiger partial charge >= 0.3 is 0 Å². The summed E-state index contributed by atoms with van der Waals surface area (Å²) in [6.45, 7) is 4.28. The molecule has 0 spiro atoms. The van der Waals surface area contributed by atoms with Gasteiger partial charge in [0.2, 0.25) is 0 Å². The molecule has 0 saturated carbocycles. The summed E-state index contributed by atoms with van der Waals surface area (Å²) in [4.78, 5) is 6.14. The van der Waals surface area contributed by atoms with Gasteiger partial charge in [-0.25, -0.2) is 4.98 Å². The number of rotatable bonds is 3. The average Bonchev–Trinajstić information content (AvgIpc) is 2.79. The molecular weight excluding hydrogens is 256 g/mol. The van der Waals surface area contributed by atoms with Crippen molar-refractivity contribution in [2.75, 3.05) is 12.4 Å². The molecule has 19 heavy (non-hydrogen) atoms. The molecule has 4 heteroatoms. The van der Waals surface area contributed by atoms with Crippen molar-refractivity contribution in [3.05, 3.63) is 28.6 Å². The van der Waals surface area contributed by atoms with Gasteiger partial charge in [0.1, 0.15) is 5.75 Å². The minimum atomic E-state index is 0.419. The van der Waals surface area contributed by atoms with E-state index in [0.717, 1.165) is 29.4 Å². The summed E-state index contributed by atoms with van der Waals surface area (Å²) in [6.07, 6.45) is 2.15. The lowest BCUT2D eigenvalue weighted by Gasteiger charge is -2.15. The number of fused-ring (bicyclic) bond motifs is 3. The topological polar surface area (TPSA) is 34.1 Å². The quantitative estimate of drug-likeness (QED) is 0.926. The maximum atomic E-state index is 5.30. The SMILES string of the molecule is COc1ccc2c(c1)CCc1sc(NC(C)C)nc1-2. The van der Waals surface area contributed by atoms with E-state index in [2.05, 4.69) is 31.3 Å². The maximum Gasteiger partial charge on any atom is 0.183 e. The van der Waals surface area contributed by atoms with Crippen LogP contribution in [0.5, 0.6) is 5.75 Å². The van der Waals surface area contributed by atoms with Crippen molar-refractivity contribution < 1.29 is 4.74 Å². The van der Waals surface area contributed by atoms with E-state index in [1.54, 1.807) is 18.4 Å². The van der Waals surface area contributed by atoms with Crippen molar-refractivity contribution in [3.63, 3.8) is 0 Å². The predicted octanol–water partition coefficient (Wildman–Crippen LogP) is 3.74. The van der Waals surface area contributed by atoms with Gasteiger partial charge < -0.3 is 10.1 Å². The summed E-state index contributed by atoms with van der Waals surface area (Å²) in [5.74, 6) is 0.929. The second-order valence-electron chi connectivity index (χ2n) is 5.11. The molecule has 0 unspecified atom stereocenters. The Morgan fingerprint density at radius 1 is 1.32 bits per heavy atom. The molecule has 1 aliphatic carbocycles. The Morgan fingerprint density at radius 3 is 2.89 bits per heavy atom. The van der Waals surface area contributed by atoms with Crippen LogP contribution in [-0.2, 0) is 12.8 Å². The Labute approximate surface area is 117 Å². The number of methoxy groups -OCH3 is 1. The normalized spacial score (nSPS) is 13.1. The monoisotopic (exact) mass is 274 g/mol. The van der Waals surface area contributed by atoms with Crippen LogP contribution in [0.3, 0.4) is 0 Å². The average molecular weight is 274 g/mol. The lowest BCUT2D eigenvalue weighted by atomic mass is 9.93. The molecule has 100 valence electrons. The third kappa shape index (κ3) is 2.32. The summed E-state index contributed by atoms with van der Waals surface area (Å²) in [5, 5.41) is 4.43. The first-order chi connectivity index (χ1) is 9.17. The standard InChI is InChI=1S/C15H18N2OS/c1-9(2)16-15-17-14-12-6-5-11(18-3)8-10(12)4-7-13(14)19-15/h5-6,8-9H,4,7H2,1-3H3,(H,16,17). The van der Waals surface area contributed by atoms with Gasteiger partial charge in [0.25, 0.3) is 0 Å². The smallest absolute Gasteiger partial charge is 0.183 e. The van der Waals surface area contributed by atoms with Gasteiger partial charge in [-0.15, -0.1) is 11.3 Å². The van der Waals surface area contributed by atoms with E-state index in [1.165, 1.54) is 16.0 Å². The van der Waals surface area contributed by atoms with E-state index < -0.39 is 0 Å². The van der Waals surface area contributed by atoms with Gasteiger partial charge in [0, 0.05) is 16.5 Å². The van der Waals surface area contributed by atoms with Crippen molar-refractivity contribution in [1.29, 1.82) is 0 Å². The Balaban J connectivity index is 2.01. The second kappa shape index (κ2) is 4.85. The van der Waals surface area contributed by atoms with E-state index in [1.807, 2.05) is 6.07 Å². The molecule has 1 aliphatic rings. The van der Waals surface area contributed by atoms with E-state index in [-0.39, 0.29) is 0 Å². The minimum absolute atomic E-state index is 0.419. The second-order valence-corrected chi connectivity index (χ2v) is 6.20. The number of nitrogens with one attached hydrogen (secondary N) is 1. The Kier molecular flexibility index (Phi) is 3.19. The highest BCUT2D eigenvalue weighted by Crippen LogP contribution is 2.39. The fourth-order valence-electron chi connectivity index (χ4n) is 2.42. The summed E-state index contributed by atoms with van der Waals surface area (Å²) in [6, 6.07) is 6.70. The summed E-state index contributed by atoms with van der Waals surface area (Å²) in [7, 11) is 1.71. The van der Waals surface area contributed by atoms with E-state index >= 15 is 0 Å². The maximum absolute atomic E-state index is 5.30. The zero-order chi connectivity index (χ0) is 13.4. The van der Waals surface area contributed by atoms with Crippen molar-refractivity contribution >= 4 is 16.5 Å². The highest BCUT2D eigenvalue weighted by Gasteiger charge is 2.21. The molecule has 1 N–H and O–H groups in total. The highest BCUT2D eigenvalue weighted by atomic mass is 32.1. The third-order valence-corrected chi connectivity index (χ3v) is 4.34. The van der Waals surface area contributed by atoms with Crippen LogP contribution in [0.4, 0.5) is 5.13 Å². The van der Waals surface area contributed by atoms with Crippen LogP contribution < -0.4 is 10.1 Å². The minimum Gasteiger partial charge on any atom is -0.497 e. The Bertz CT molecular complexity index is 604. The molecule has 0 bridgehead atoms. The number of aryl methyl sites for hydroxylation is 2. The van der Waals surface area contributed by atoms with Crippen LogP contribution in [0.1, 0.15) is 24.3 Å². The van der Waals surface area contributed by atoms with Gasteiger partial charge in [-0.1, -0.05) is 0 Å². The molecule has 1 aromatic carbocycles. The van der Waals surface area contributed by atoms with Gasteiger partial charge in [-0.2, -0.15) is 0 Å². The molecule has 0 amide bonds. The van der Waals surface area contributed by atoms with E-state index in [0.29, 0.717) is 6.04 Å². The number of thiazole rings is 1. The van der Waals surface area contributed by atoms with Crippen molar-refractivity contribution in [2.45, 2.75) is 32.7 Å². The van der Waals surface area contributed by atoms with Crippen LogP contribution in [0.15, 0.2) is 18.2 Å². The first-order valence-electron chi connectivity index (χ1n) is 6.61. The molecule has 3 rings (SSSR count).